The monoisotopic (exact) mass is 341 g/mol. The Labute approximate surface area is 125 Å². The van der Waals surface area contributed by atoms with E-state index in [1.165, 1.54) is 19.1 Å². The van der Waals surface area contributed by atoms with Crippen LogP contribution in [-0.4, -0.2) is 11.8 Å². The molecule has 0 aliphatic rings. The van der Waals surface area contributed by atoms with Gasteiger partial charge in [-0.25, -0.2) is 0 Å². The van der Waals surface area contributed by atoms with Crippen LogP contribution in [0.1, 0.15) is 10.4 Å². The van der Waals surface area contributed by atoms with E-state index in [4.69, 9.17) is 5.73 Å². The molecule has 0 spiro atoms. The molecule has 0 radical (unpaired) electrons. The van der Waals surface area contributed by atoms with Crippen molar-refractivity contribution >= 4 is 39.0 Å². The van der Waals surface area contributed by atoms with E-state index in [-0.39, 0.29) is 6.04 Å². The van der Waals surface area contributed by atoms with Crippen LogP contribution >= 0.6 is 39.0 Å². The molecule has 0 saturated carbocycles. The molecule has 0 fully saturated rings. The van der Waals surface area contributed by atoms with Gasteiger partial charge in [-0.15, -0.1) is 23.1 Å². The maximum Gasteiger partial charge on any atom is 0.0701 e. The molecule has 0 aliphatic heterocycles. The van der Waals surface area contributed by atoms with Crippen molar-refractivity contribution in [2.75, 3.05) is 5.75 Å². The standard InChI is InChI=1S/C14H16BrNS2/c1-10-2-4-12(5-3-10)17-9-11(16)8-13-6-7-14(15)18-13/h2-7,11H,8-9,16H2,1H3. The van der Waals surface area contributed by atoms with Gasteiger partial charge in [-0.05, 0) is 53.5 Å². The zero-order valence-electron chi connectivity index (χ0n) is 10.2. The van der Waals surface area contributed by atoms with E-state index in [2.05, 4.69) is 59.3 Å². The molecule has 1 heterocycles. The Bertz CT molecular complexity index is 493. The van der Waals surface area contributed by atoms with Crippen LogP contribution in [0.5, 0.6) is 0 Å². The highest BCUT2D eigenvalue weighted by atomic mass is 79.9. The molecule has 0 saturated heterocycles. The number of halogens is 1. The highest BCUT2D eigenvalue weighted by molar-refractivity contribution is 9.11. The van der Waals surface area contributed by atoms with Gasteiger partial charge in [-0.2, -0.15) is 0 Å². The van der Waals surface area contributed by atoms with Crippen LogP contribution < -0.4 is 5.73 Å². The van der Waals surface area contributed by atoms with E-state index < -0.39 is 0 Å². The molecule has 18 heavy (non-hydrogen) atoms. The average molecular weight is 342 g/mol. The maximum atomic E-state index is 6.16. The third-order valence-corrected chi connectivity index (χ3v) is 5.42. The lowest BCUT2D eigenvalue weighted by Crippen LogP contribution is -2.25. The van der Waals surface area contributed by atoms with Crippen molar-refractivity contribution < 1.29 is 0 Å². The highest BCUT2D eigenvalue weighted by Crippen LogP contribution is 2.24. The Balaban J connectivity index is 1.81. The molecule has 1 unspecified atom stereocenters. The van der Waals surface area contributed by atoms with Crippen molar-refractivity contribution in [1.82, 2.24) is 0 Å². The molecule has 0 amide bonds. The number of nitrogens with two attached hydrogens (primary N) is 1. The first-order chi connectivity index (χ1) is 8.63. The second-order valence-corrected chi connectivity index (χ2v) is 7.94. The van der Waals surface area contributed by atoms with E-state index >= 15 is 0 Å². The Kier molecular flexibility index (Phi) is 5.30. The Hall–Kier alpha value is -0.290. The van der Waals surface area contributed by atoms with Crippen LogP contribution in [0.15, 0.2) is 45.1 Å². The van der Waals surface area contributed by atoms with E-state index in [1.807, 2.05) is 11.8 Å². The summed E-state index contributed by atoms with van der Waals surface area (Å²) in [6.45, 7) is 2.11. The summed E-state index contributed by atoms with van der Waals surface area (Å²) in [4.78, 5) is 2.64. The Morgan fingerprint density at radius 1 is 1.22 bits per heavy atom. The SMILES string of the molecule is Cc1ccc(SCC(N)Cc2ccc(Br)s2)cc1. The number of rotatable bonds is 5. The summed E-state index contributed by atoms with van der Waals surface area (Å²) in [5.74, 6) is 0.957. The molecule has 1 atom stereocenters. The molecule has 2 N–H and O–H groups in total. The van der Waals surface area contributed by atoms with E-state index in [0.717, 1.165) is 12.2 Å². The van der Waals surface area contributed by atoms with Crippen LogP contribution in [0.4, 0.5) is 0 Å². The minimum absolute atomic E-state index is 0.210. The molecule has 96 valence electrons. The quantitative estimate of drug-likeness (QED) is 0.811. The molecule has 2 rings (SSSR count). The predicted octanol–water partition coefficient (Wildman–Crippen LogP) is 4.48. The fourth-order valence-electron chi connectivity index (χ4n) is 1.62. The summed E-state index contributed by atoms with van der Waals surface area (Å²) >= 11 is 7.08. The molecule has 2 aromatic rings. The van der Waals surface area contributed by atoms with Gasteiger partial charge in [0.25, 0.3) is 0 Å². The van der Waals surface area contributed by atoms with Crippen molar-refractivity contribution in [3.05, 3.63) is 50.6 Å². The summed E-state index contributed by atoms with van der Waals surface area (Å²) in [6.07, 6.45) is 0.954. The highest BCUT2D eigenvalue weighted by Gasteiger charge is 2.07. The van der Waals surface area contributed by atoms with Gasteiger partial charge < -0.3 is 5.73 Å². The van der Waals surface area contributed by atoms with Crippen molar-refractivity contribution in [3.63, 3.8) is 0 Å². The normalized spacial score (nSPS) is 12.6. The van der Waals surface area contributed by atoms with Crippen LogP contribution in [0.3, 0.4) is 0 Å². The number of hydrogen-bond acceptors (Lipinski definition) is 3. The molecule has 1 nitrogen and oxygen atoms in total. The summed E-state index contributed by atoms with van der Waals surface area (Å²) in [6, 6.07) is 13.0. The Morgan fingerprint density at radius 3 is 2.56 bits per heavy atom. The van der Waals surface area contributed by atoms with Crippen LogP contribution in [0.2, 0.25) is 0 Å². The van der Waals surface area contributed by atoms with E-state index in [9.17, 15) is 0 Å². The molecule has 0 aliphatic carbocycles. The molecule has 4 heteroatoms. The minimum Gasteiger partial charge on any atom is -0.327 e. The number of hydrogen-bond donors (Lipinski definition) is 1. The van der Waals surface area contributed by atoms with Crippen LogP contribution in [0, 0.1) is 6.92 Å². The fraction of sp³-hybridized carbons (Fsp3) is 0.286. The zero-order chi connectivity index (χ0) is 13.0. The number of thiophene rings is 1. The summed E-state index contributed by atoms with van der Waals surface area (Å²) < 4.78 is 1.18. The summed E-state index contributed by atoms with van der Waals surface area (Å²) in [5, 5.41) is 0. The lowest BCUT2D eigenvalue weighted by Gasteiger charge is -2.10. The lowest BCUT2D eigenvalue weighted by atomic mass is 10.2. The zero-order valence-corrected chi connectivity index (χ0v) is 13.4. The second-order valence-electron chi connectivity index (χ2n) is 4.29. The largest absolute Gasteiger partial charge is 0.327 e. The van der Waals surface area contributed by atoms with Gasteiger partial charge in [0.2, 0.25) is 0 Å². The first kappa shape index (κ1) is 14.1. The average Bonchev–Trinajstić information content (AvgIpc) is 2.74. The van der Waals surface area contributed by atoms with Crippen molar-refractivity contribution in [1.29, 1.82) is 0 Å². The van der Waals surface area contributed by atoms with Gasteiger partial charge in [0, 0.05) is 21.6 Å². The molecular formula is C14H16BrNS2. The number of aryl methyl sites for hydroxylation is 1. The maximum absolute atomic E-state index is 6.16. The van der Waals surface area contributed by atoms with Crippen LogP contribution in [0.25, 0.3) is 0 Å². The second kappa shape index (κ2) is 6.75. The third kappa shape index (κ3) is 4.43. The smallest absolute Gasteiger partial charge is 0.0701 e. The number of benzene rings is 1. The van der Waals surface area contributed by atoms with Gasteiger partial charge in [0.05, 0.1) is 3.79 Å². The van der Waals surface area contributed by atoms with Gasteiger partial charge in [-0.3, -0.25) is 0 Å². The first-order valence-corrected chi connectivity index (χ1v) is 8.42. The molecule has 0 bridgehead atoms. The predicted molar refractivity (Wildman–Crippen MR) is 85.6 cm³/mol. The third-order valence-electron chi connectivity index (χ3n) is 2.58. The first-order valence-electron chi connectivity index (χ1n) is 5.83. The molecule has 1 aromatic carbocycles. The van der Waals surface area contributed by atoms with Crippen molar-refractivity contribution in [2.24, 2.45) is 5.73 Å². The number of thioether (sulfide) groups is 1. The lowest BCUT2D eigenvalue weighted by molar-refractivity contribution is 0.757. The minimum atomic E-state index is 0.210. The fourth-order valence-corrected chi connectivity index (χ4v) is 4.05. The topological polar surface area (TPSA) is 26.0 Å². The van der Waals surface area contributed by atoms with Gasteiger partial charge in [0.1, 0.15) is 0 Å². The van der Waals surface area contributed by atoms with Gasteiger partial charge in [-0.1, -0.05) is 17.7 Å². The van der Waals surface area contributed by atoms with E-state index in [0.29, 0.717) is 0 Å². The van der Waals surface area contributed by atoms with Crippen molar-refractivity contribution in [2.45, 2.75) is 24.3 Å². The molecular weight excluding hydrogens is 326 g/mol. The summed E-state index contributed by atoms with van der Waals surface area (Å²) in [7, 11) is 0. The van der Waals surface area contributed by atoms with Gasteiger partial charge in [0.15, 0.2) is 0 Å². The Morgan fingerprint density at radius 2 is 1.94 bits per heavy atom. The van der Waals surface area contributed by atoms with Crippen LogP contribution in [-0.2, 0) is 6.42 Å². The van der Waals surface area contributed by atoms with Crippen molar-refractivity contribution in [3.8, 4) is 0 Å². The van der Waals surface area contributed by atoms with E-state index in [1.54, 1.807) is 11.3 Å². The van der Waals surface area contributed by atoms with Gasteiger partial charge >= 0.3 is 0 Å². The molecule has 1 aromatic heterocycles. The summed E-state index contributed by atoms with van der Waals surface area (Å²) in [5.41, 5.74) is 7.46.